The third kappa shape index (κ3) is 42.7. The van der Waals surface area contributed by atoms with Crippen LogP contribution in [0, 0.1) is 0 Å². The molecule has 0 bridgehead atoms. The molecule has 0 aliphatic rings. The summed E-state index contributed by atoms with van der Waals surface area (Å²) in [6.45, 7) is 0.846. The van der Waals surface area contributed by atoms with Crippen molar-refractivity contribution in [2.45, 2.75) is 38.4 Å². The van der Waals surface area contributed by atoms with Gasteiger partial charge in [0.1, 0.15) is 12.5 Å². The number of hydrogen-bond acceptors (Lipinski definition) is 8. The number of carboxylic acid groups (broad SMARTS) is 4. The number of aliphatic hydroxyl groups is 4. The maximum absolute atomic E-state index is 9.84. The topological polar surface area (TPSA) is 230 Å². The van der Waals surface area contributed by atoms with Crippen LogP contribution >= 0.6 is 0 Å². The van der Waals surface area contributed by atoms with Gasteiger partial charge in [0.25, 0.3) is 6.47 Å². The molecular formula is C12H24O12. The Morgan fingerprint density at radius 2 is 1.29 bits per heavy atom. The van der Waals surface area contributed by atoms with E-state index in [1.54, 1.807) is 0 Å². The maximum Gasteiger partial charge on any atom is 0.332 e. The smallest absolute Gasteiger partial charge is 0.332 e. The number of rotatable bonds is 7. The molecule has 8 N–H and O–H groups in total. The van der Waals surface area contributed by atoms with Crippen LogP contribution in [0.5, 0.6) is 0 Å². The first-order chi connectivity index (χ1) is 11.0. The predicted octanol–water partition coefficient (Wildman–Crippen LogP) is -2.19. The van der Waals surface area contributed by atoms with Crippen molar-refractivity contribution in [3.8, 4) is 0 Å². The summed E-state index contributed by atoms with van der Waals surface area (Å²) in [6, 6.07) is 0. The molecule has 0 aromatic rings. The van der Waals surface area contributed by atoms with Gasteiger partial charge < -0.3 is 40.9 Å². The van der Waals surface area contributed by atoms with E-state index in [9.17, 15) is 14.4 Å². The summed E-state index contributed by atoms with van der Waals surface area (Å²) in [6.07, 6.45) is -1.88. The lowest BCUT2D eigenvalue weighted by molar-refractivity contribution is -0.148. The van der Waals surface area contributed by atoms with Gasteiger partial charge in [-0.25, -0.2) is 4.79 Å². The molecule has 0 aromatic carbocycles. The summed E-state index contributed by atoms with van der Waals surface area (Å²) in [5, 5.41) is 62.9. The van der Waals surface area contributed by atoms with Crippen molar-refractivity contribution in [2.24, 2.45) is 0 Å². The first kappa shape index (κ1) is 29.7. The highest BCUT2D eigenvalue weighted by Gasteiger charge is 2.09. The van der Waals surface area contributed by atoms with Gasteiger partial charge in [-0.1, -0.05) is 13.3 Å². The van der Waals surface area contributed by atoms with Crippen LogP contribution in [0.2, 0.25) is 0 Å². The van der Waals surface area contributed by atoms with Crippen molar-refractivity contribution in [1.29, 1.82) is 0 Å². The molecule has 1 unspecified atom stereocenters. The van der Waals surface area contributed by atoms with Crippen LogP contribution in [0.15, 0.2) is 0 Å². The summed E-state index contributed by atoms with van der Waals surface area (Å²) in [5.74, 6) is -3.76. The van der Waals surface area contributed by atoms with Crippen molar-refractivity contribution >= 4 is 24.4 Å². The van der Waals surface area contributed by atoms with Crippen LogP contribution in [-0.4, -0.2) is 90.7 Å². The van der Waals surface area contributed by atoms with Crippen LogP contribution in [0.25, 0.3) is 0 Å². The Bertz CT molecular complexity index is 314. The number of hydrogen-bond donors (Lipinski definition) is 8. The third-order valence-corrected chi connectivity index (χ3v) is 1.57. The zero-order valence-electron chi connectivity index (χ0n) is 13.0. The van der Waals surface area contributed by atoms with Gasteiger partial charge in [-0.3, -0.25) is 14.4 Å². The minimum atomic E-state index is -1.31. The van der Waals surface area contributed by atoms with Crippen LogP contribution in [-0.2, 0) is 19.2 Å². The Morgan fingerprint density at radius 3 is 1.33 bits per heavy atom. The second-order valence-corrected chi connectivity index (χ2v) is 3.73. The zero-order chi connectivity index (χ0) is 20.1. The molecule has 0 radical (unpaired) electrons. The number of carboxylic acids is 3. The summed E-state index contributed by atoms with van der Waals surface area (Å²) in [7, 11) is 0. The first-order valence-corrected chi connectivity index (χ1v) is 6.35. The molecule has 0 aliphatic heterocycles. The summed E-state index contributed by atoms with van der Waals surface area (Å²) in [5.41, 5.74) is 0. The maximum atomic E-state index is 9.84. The van der Waals surface area contributed by atoms with Gasteiger partial charge in [0.05, 0.1) is 13.2 Å². The SMILES string of the molecule is CCCC(O)C(=O)O.O=C(O)CC(=O)O.O=CO.OCC(O)CO. The fourth-order valence-electron chi connectivity index (χ4n) is 0.584. The normalized spacial score (nSPS) is 9.75. The number of aliphatic carboxylic acids is 3. The van der Waals surface area contributed by atoms with Gasteiger partial charge in [-0.2, -0.15) is 0 Å². The average molecular weight is 360 g/mol. The van der Waals surface area contributed by atoms with Crippen LogP contribution < -0.4 is 0 Å². The lowest BCUT2D eigenvalue weighted by Gasteiger charge is -1.99. The molecule has 0 saturated heterocycles. The summed E-state index contributed by atoms with van der Waals surface area (Å²) < 4.78 is 0. The molecule has 0 aliphatic carbocycles. The highest BCUT2D eigenvalue weighted by molar-refractivity contribution is 5.88. The highest BCUT2D eigenvalue weighted by Crippen LogP contribution is 1.94. The van der Waals surface area contributed by atoms with E-state index in [1.807, 2.05) is 6.92 Å². The molecule has 24 heavy (non-hydrogen) atoms. The predicted molar refractivity (Wildman–Crippen MR) is 77.3 cm³/mol. The van der Waals surface area contributed by atoms with Gasteiger partial charge in [-0.05, 0) is 6.42 Å². The van der Waals surface area contributed by atoms with E-state index in [-0.39, 0.29) is 19.7 Å². The van der Waals surface area contributed by atoms with Gasteiger partial charge in [0.15, 0.2) is 6.10 Å². The average Bonchev–Trinajstić information content (AvgIpc) is 2.47. The lowest BCUT2D eigenvalue weighted by Crippen LogP contribution is -2.18. The van der Waals surface area contributed by atoms with E-state index in [1.165, 1.54) is 0 Å². The third-order valence-electron chi connectivity index (χ3n) is 1.57. The van der Waals surface area contributed by atoms with Crippen LogP contribution in [0.1, 0.15) is 26.2 Å². The van der Waals surface area contributed by atoms with Gasteiger partial charge in [0.2, 0.25) is 0 Å². The van der Waals surface area contributed by atoms with E-state index in [4.69, 9.17) is 45.6 Å². The van der Waals surface area contributed by atoms with E-state index in [0.29, 0.717) is 12.8 Å². The quantitative estimate of drug-likeness (QED) is 0.179. The number of carbonyl (C=O) groups is 4. The highest BCUT2D eigenvalue weighted by atomic mass is 16.4. The van der Waals surface area contributed by atoms with Crippen molar-refractivity contribution in [3.63, 3.8) is 0 Å². The monoisotopic (exact) mass is 360 g/mol. The molecule has 0 amide bonds. The first-order valence-electron chi connectivity index (χ1n) is 6.35. The molecule has 1 atom stereocenters. The number of aliphatic hydroxyl groups excluding tert-OH is 4. The molecule has 0 heterocycles. The second kappa shape index (κ2) is 23.0. The molecule has 144 valence electrons. The van der Waals surface area contributed by atoms with E-state index < -0.39 is 36.5 Å². The molecule has 0 rings (SSSR count). The zero-order valence-corrected chi connectivity index (χ0v) is 13.0. The fraction of sp³-hybridized carbons (Fsp3) is 0.667. The second-order valence-electron chi connectivity index (χ2n) is 3.73. The van der Waals surface area contributed by atoms with Gasteiger partial charge in [-0.15, -0.1) is 0 Å². The van der Waals surface area contributed by atoms with Gasteiger partial charge in [0, 0.05) is 0 Å². The Balaban J connectivity index is -0.000000116. The molecule has 0 saturated carbocycles. The van der Waals surface area contributed by atoms with Gasteiger partial charge >= 0.3 is 17.9 Å². The Labute approximate surface area is 137 Å². The van der Waals surface area contributed by atoms with Crippen molar-refractivity contribution in [1.82, 2.24) is 0 Å². The van der Waals surface area contributed by atoms with Crippen molar-refractivity contribution in [3.05, 3.63) is 0 Å². The molecule has 0 aromatic heterocycles. The molecule has 12 heteroatoms. The van der Waals surface area contributed by atoms with Crippen molar-refractivity contribution in [2.75, 3.05) is 13.2 Å². The van der Waals surface area contributed by atoms with E-state index >= 15 is 0 Å². The molecule has 0 fully saturated rings. The van der Waals surface area contributed by atoms with Crippen molar-refractivity contribution < 1.29 is 60.0 Å². The molecule has 0 spiro atoms. The van der Waals surface area contributed by atoms with E-state index in [0.717, 1.165) is 0 Å². The summed E-state index contributed by atoms with van der Waals surface area (Å²) in [4.78, 5) is 37.1. The molecular weight excluding hydrogens is 336 g/mol. The largest absolute Gasteiger partial charge is 0.483 e. The van der Waals surface area contributed by atoms with E-state index in [2.05, 4.69) is 0 Å². The fourth-order valence-corrected chi connectivity index (χ4v) is 0.584. The Morgan fingerprint density at radius 1 is 0.958 bits per heavy atom. The lowest BCUT2D eigenvalue weighted by atomic mass is 10.2. The minimum absolute atomic E-state index is 0.250. The standard InChI is InChI=1S/C5H10O3.C3H4O4.C3H8O3.CH2O2/c1-2-3-4(6)5(7)8;4-2(5)1-3(6)7;4-1-3(6)2-5;2-1-3/h4,6H,2-3H2,1H3,(H,7,8);1H2,(H,4,5)(H,6,7);3-6H,1-2H2;1H,(H,2,3). The Kier molecular flexibility index (Phi) is 28.5. The molecule has 12 nitrogen and oxygen atoms in total. The van der Waals surface area contributed by atoms with Crippen LogP contribution in [0.3, 0.4) is 0 Å². The Hall–Kier alpha value is -2.28. The minimum Gasteiger partial charge on any atom is -0.483 e. The van der Waals surface area contributed by atoms with Crippen LogP contribution in [0.4, 0.5) is 0 Å². The summed E-state index contributed by atoms with van der Waals surface area (Å²) >= 11 is 0.